The Bertz CT molecular complexity index is 1080. The molecule has 1 aliphatic rings. The monoisotopic (exact) mass is 457 g/mol. The number of nitrogens with one attached hydrogen (secondary N) is 2. The van der Waals surface area contributed by atoms with Crippen molar-refractivity contribution in [2.45, 2.75) is 19.3 Å². The zero-order valence-corrected chi connectivity index (χ0v) is 18.2. The number of hydrogen-bond donors (Lipinski definition) is 3. The van der Waals surface area contributed by atoms with Crippen LogP contribution in [0.1, 0.15) is 24.8 Å². The molecule has 0 fully saturated rings. The van der Waals surface area contributed by atoms with Gasteiger partial charge in [0.25, 0.3) is 0 Å². The largest absolute Gasteiger partial charge is 0.504 e. The Morgan fingerprint density at radius 3 is 2.90 bits per heavy atom. The number of halogens is 1. The van der Waals surface area contributed by atoms with Crippen molar-refractivity contribution in [1.29, 1.82) is 5.26 Å². The minimum absolute atomic E-state index is 0.000198. The molecule has 0 unspecified atom stereocenters. The van der Waals surface area contributed by atoms with Gasteiger partial charge < -0.3 is 20.5 Å². The van der Waals surface area contributed by atoms with Gasteiger partial charge in [-0.15, -0.1) is 0 Å². The summed E-state index contributed by atoms with van der Waals surface area (Å²) in [5.74, 6) is -0.777. The third-order valence-corrected chi connectivity index (χ3v) is 5.75. The van der Waals surface area contributed by atoms with Crippen molar-refractivity contribution in [3.05, 3.63) is 63.7 Å². The summed E-state index contributed by atoms with van der Waals surface area (Å²) in [7, 11) is 0. The number of nitrogens with zero attached hydrogens (tertiary/aromatic N) is 1. The van der Waals surface area contributed by atoms with Crippen LogP contribution in [-0.2, 0) is 9.59 Å². The maximum atomic E-state index is 12.3. The summed E-state index contributed by atoms with van der Waals surface area (Å²) in [5, 5.41) is 26.0. The highest BCUT2D eigenvalue weighted by atomic mass is 35.5. The summed E-state index contributed by atoms with van der Waals surface area (Å²) >= 11 is 7.00. The molecule has 7 nitrogen and oxygen atoms in total. The predicted octanol–water partition coefficient (Wildman–Crippen LogP) is 4.15. The minimum atomic E-state index is -0.503. The Balaban J connectivity index is 1.79. The van der Waals surface area contributed by atoms with Crippen molar-refractivity contribution < 1.29 is 19.4 Å². The fraction of sp³-hybridized carbons (Fsp3) is 0.227. The summed E-state index contributed by atoms with van der Waals surface area (Å²) in [5.41, 5.74) is 1.59. The van der Waals surface area contributed by atoms with E-state index in [1.165, 1.54) is 6.07 Å². The zero-order valence-electron chi connectivity index (χ0n) is 16.6. The van der Waals surface area contributed by atoms with E-state index in [9.17, 15) is 20.0 Å². The van der Waals surface area contributed by atoms with Crippen LogP contribution < -0.4 is 15.4 Å². The van der Waals surface area contributed by atoms with Gasteiger partial charge in [0.05, 0.1) is 29.0 Å². The molecule has 0 radical (unpaired) electrons. The molecule has 1 aliphatic heterocycles. The van der Waals surface area contributed by atoms with E-state index >= 15 is 0 Å². The van der Waals surface area contributed by atoms with Crippen LogP contribution in [-0.4, -0.2) is 29.3 Å². The lowest BCUT2D eigenvalue weighted by atomic mass is 9.87. The molecule has 2 aromatic rings. The van der Waals surface area contributed by atoms with E-state index in [4.69, 9.17) is 16.3 Å². The molecule has 0 aliphatic carbocycles. The minimum Gasteiger partial charge on any atom is -0.504 e. The molecule has 0 saturated carbocycles. The first kappa shape index (κ1) is 22.5. The summed E-state index contributed by atoms with van der Waals surface area (Å²) in [6.07, 6.45) is 0.0814. The normalized spacial score (nSPS) is 15.8. The number of phenols is 1. The lowest BCUT2D eigenvalue weighted by Crippen LogP contribution is -2.31. The molecule has 1 heterocycles. The lowest BCUT2D eigenvalue weighted by molar-refractivity contribution is -0.121. The number of amides is 2. The number of allylic oxidation sites excluding steroid dienone is 1. The number of thioether (sulfide) groups is 1. The average Bonchev–Trinajstić information content (AvgIpc) is 2.73. The highest BCUT2D eigenvalue weighted by molar-refractivity contribution is 8.03. The molecule has 9 heteroatoms. The Labute approximate surface area is 189 Å². The highest BCUT2D eigenvalue weighted by Gasteiger charge is 2.30. The second kappa shape index (κ2) is 10.2. The van der Waals surface area contributed by atoms with Crippen LogP contribution in [0, 0.1) is 11.3 Å². The number of rotatable bonds is 7. The number of aromatic hydroxyl groups is 1. The summed E-state index contributed by atoms with van der Waals surface area (Å²) in [6, 6.07) is 13.7. The van der Waals surface area contributed by atoms with E-state index in [0.29, 0.717) is 39.2 Å². The summed E-state index contributed by atoms with van der Waals surface area (Å²) in [4.78, 5) is 24.6. The van der Waals surface area contributed by atoms with Crippen molar-refractivity contribution in [3.8, 4) is 17.6 Å². The predicted molar refractivity (Wildman–Crippen MR) is 120 cm³/mol. The molecular formula is C22H20ClN3O4S. The van der Waals surface area contributed by atoms with Crippen LogP contribution in [0.15, 0.2) is 53.1 Å². The molecule has 3 N–H and O–H groups in total. The van der Waals surface area contributed by atoms with Crippen molar-refractivity contribution in [2.24, 2.45) is 0 Å². The average molecular weight is 458 g/mol. The number of carbonyl (C=O) groups excluding carboxylic acids is 2. The van der Waals surface area contributed by atoms with Gasteiger partial charge in [-0.25, -0.2) is 0 Å². The Morgan fingerprint density at radius 2 is 2.19 bits per heavy atom. The van der Waals surface area contributed by atoms with Gasteiger partial charge in [-0.2, -0.15) is 5.26 Å². The first-order valence-electron chi connectivity index (χ1n) is 9.49. The molecule has 1 atom stereocenters. The quantitative estimate of drug-likeness (QED) is 0.575. The maximum Gasteiger partial charge on any atom is 0.234 e. The molecule has 2 amide bonds. The molecule has 0 bridgehead atoms. The molecule has 0 spiro atoms. The van der Waals surface area contributed by atoms with Gasteiger partial charge in [-0.05, 0) is 42.8 Å². The highest BCUT2D eigenvalue weighted by Crippen LogP contribution is 2.39. The van der Waals surface area contributed by atoms with E-state index in [-0.39, 0.29) is 29.7 Å². The summed E-state index contributed by atoms with van der Waals surface area (Å²) < 4.78 is 5.42. The van der Waals surface area contributed by atoms with Gasteiger partial charge in [0.15, 0.2) is 11.5 Å². The van der Waals surface area contributed by atoms with E-state index in [1.54, 1.807) is 43.3 Å². The van der Waals surface area contributed by atoms with Crippen LogP contribution in [0.2, 0.25) is 5.02 Å². The molecule has 0 aromatic heterocycles. The topological polar surface area (TPSA) is 111 Å². The number of benzene rings is 2. The van der Waals surface area contributed by atoms with Gasteiger partial charge in [0.1, 0.15) is 0 Å². The van der Waals surface area contributed by atoms with Crippen LogP contribution in [0.3, 0.4) is 0 Å². The summed E-state index contributed by atoms with van der Waals surface area (Å²) in [6.45, 7) is 2.16. The van der Waals surface area contributed by atoms with E-state index in [0.717, 1.165) is 11.8 Å². The fourth-order valence-corrected chi connectivity index (χ4v) is 4.20. The molecule has 2 aromatic carbocycles. The number of hydrogen-bond acceptors (Lipinski definition) is 6. The van der Waals surface area contributed by atoms with Crippen LogP contribution in [0.4, 0.5) is 5.69 Å². The number of phenolic OH excluding ortho intramolecular Hbond substituents is 1. The molecular weight excluding hydrogens is 438 g/mol. The van der Waals surface area contributed by atoms with E-state index in [1.807, 2.05) is 0 Å². The Kier molecular flexibility index (Phi) is 7.45. The Hall–Kier alpha value is -3.15. The van der Waals surface area contributed by atoms with Gasteiger partial charge in [-0.1, -0.05) is 35.5 Å². The Morgan fingerprint density at radius 1 is 1.39 bits per heavy atom. The van der Waals surface area contributed by atoms with E-state index < -0.39 is 5.92 Å². The third kappa shape index (κ3) is 5.72. The smallest absolute Gasteiger partial charge is 0.234 e. The van der Waals surface area contributed by atoms with Crippen molar-refractivity contribution >= 4 is 40.9 Å². The second-order valence-electron chi connectivity index (χ2n) is 6.67. The number of anilines is 1. The van der Waals surface area contributed by atoms with Gasteiger partial charge >= 0.3 is 0 Å². The molecule has 160 valence electrons. The molecule has 3 rings (SSSR count). The van der Waals surface area contributed by atoms with Gasteiger partial charge in [0.2, 0.25) is 11.8 Å². The standard InChI is InChI=1S/C22H20ClN3O4S/c1-2-30-19-8-13(6-7-18(19)27)16-10-20(28)26-22(17(16)11-24)31-12-21(29)25-15-5-3-4-14(23)9-15/h3-9,16,27H,2,10,12H2,1H3,(H,25,29)(H,26,28)/t16-/m1/s1. The molecule has 31 heavy (non-hydrogen) atoms. The van der Waals surface area contributed by atoms with Crippen LogP contribution in [0.5, 0.6) is 11.5 Å². The number of carbonyl (C=O) groups is 2. The van der Waals surface area contributed by atoms with Crippen molar-refractivity contribution in [2.75, 3.05) is 17.7 Å². The lowest BCUT2D eigenvalue weighted by Gasteiger charge is -2.25. The number of nitriles is 1. The first-order chi connectivity index (χ1) is 14.9. The number of ether oxygens (including phenoxy) is 1. The van der Waals surface area contributed by atoms with Gasteiger partial charge in [0, 0.05) is 23.0 Å². The van der Waals surface area contributed by atoms with Crippen LogP contribution in [0.25, 0.3) is 0 Å². The fourth-order valence-electron chi connectivity index (χ4n) is 3.14. The van der Waals surface area contributed by atoms with Crippen molar-refractivity contribution in [3.63, 3.8) is 0 Å². The SMILES string of the molecule is CCOc1cc([C@H]2CC(=O)NC(SCC(=O)Nc3cccc(Cl)c3)=C2C#N)ccc1O. The maximum absolute atomic E-state index is 12.3. The van der Waals surface area contributed by atoms with Crippen molar-refractivity contribution in [1.82, 2.24) is 5.32 Å². The zero-order chi connectivity index (χ0) is 22.4. The molecule has 0 saturated heterocycles. The van der Waals surface area contributed by atoms with E-state index in [2.05, 4.69) is 16.7 Å². The first-order valence-corrected chi connectivity index (χ1v) is 10.9. The van der Waals surface area contributed by atoms with Gasteiger partial charge in [-0.3, -0.25) is 9.59 Å². The second-order valence-corrected chi connectivity index (χ2v) is 8.09. The third-order valence-electron chi connectivity index (χ3n) is 4.50. The van der Waals surface area contributed by atoms with Crippen LogP contribution >= 0.6 is 23.4 Å².